The quantitative estimate of drug-likeness (QED) is 0.476. The number of nitrogens with zero attached hydrogens (tertiary/aromatic N) is 3. The highest BCUT2D eigenvalue weighted by Crippen LogP contribution is 2.35. The van der Waals surface area contributed by atoms with Crippen LogP contribution in [0.3, 0.4) is 0 Å². The van der Waals surface area contributed by atoms with Gasteiger partial charge in [0.15, 0.2) is 6.29 Å². The summed E-state index contributed by atoms with van der Waals surface area (Å²) in [6, 6.07) is 12.0. The summed E-state index contributed by atoms with van der Waals surface area (Å²) in [5.41, 5.74) is 12.5. The molecule has 5 rings (SSSR count). The molecule has 0 atom stereocenters. The average molecular weight is 368 g/mol. The first-order valence-corrected chi connectivity index (χ1v) is 8.80. The molecule has 2 aromatic carbocycles. The number of H-pyrrole nitrogens is 1. The molecule has 4 N–H and O–H groups in total. The Labute approximate surface area is 160 Å². The van der Waals surface area contributed by atoms with E-state index in [1.165, 1.54) is 0 Å². The van der Waals surface area contributed by atoms with E-state index in [0.717, 1.165) is 45.1 Å². The number of nitrogen functional groups attached to an aromatic ring is 1. The van der Waals surface area contributed by atoms with Crippen LogP contribution in [0.2, 0.25) is 0 Å². The normalized spacial score (nSPS) is 12.3. The first-order chi connectivity index (χ1) is 13.7. The number of hydrogen-bond acceptors (Lipinski definition) is 6. The van der Waals surface area contributed by atoms with E-state index in [9.17, 15) is 4.79 Å². The highest BCUT2D eigenvalue weighted by molar-refractivity contribution is 6.00. The highest BCUT2D eigenvalue weighted by atomic mass is 16.1. The Balaban J connectivity index is 1.63. The molecule has 0 saturated heterocycles. The first-order valence-electron chi connectivity index (χ1n) is 8.80. The fraction of sp³-hybridized carbons (Fsp3) is 0.0476. The minimum absolute atomic E-state index is 0.215. The molecule has 7 nitrogen and oxygen atoms in total. The van der Waals surface area contributed by atoms with Crippen molar-refractivity contribution in [1.29, 1.82) is 0 Å². The van der Waals surface area contributed by atoms with E-state index < -0.39 is 0 Å². The standard InChI is InChI=1S/C21H16N6O/c22-21-24-4-3-20(27-21)26-15-5-13-8-23-10-18(13)16(7-15)12-1-2-19-17(6-12)14(11-28)9-25-19/h1-9,11,25H,10H2,(H3,22,24,26,27). The number of carbonyl (C=O) groups excluding carboxylic acids is 1. The van der Waals surface area contributed by atoms with Crippen LogP contribution in [0.25, 0.3) is 22.0 Å². The molecular weight excluding hydrogens is 352 g/mol. The van der Waals surface area contributed by atoms with E-state index >= 15 is 0 Å². The number of rotatable bonds is 4. The van der Waals surface area contributed by atoms with Gasteiger partial charge in [-0.25, -0.2) is 4.98 Å². The van der Waals surface area contributed by atoms with Gasteiger partial charge in [-0.15, -0.1) is 0 Å². The predicted molar refractivity (Wildman–Crippen MR) is 110 cm³/mol. The van der Waals surface area contributed by atoms with Crippen molar-refractivity contribution in [1.82, 2.24) is 15.0 Å². The summed E-state index contributed by atoms with van der Waals surface area (Å²) in [6.45, 7) is 0.636. The van der Waals surface area contributed by atoms with Crippen molar-refractivity contribution >= 4 is 40.9 Å². The lowest BCUT2D eigenvalue weighted by Crippen LogP contribution is -2.00. The molecule has 2 aromatic heterocycles. The summed E-state index contributed by atoms with van der Waals surface area (Å²) in [5, 5.41) is 4.19. The SMILES string of the molecule is Nc1nccc(Nc2cc3c(c(-c4ccc5[nH]cc(C=O)c5c4)c2)CN=C3)n1. The molecule has 0 unspecified atom stereocenters. The van der Waals surface area contributed by atoms with Gasteiger partial charge in [0.2, 0.25) is 5.95 Å². The lowest BCUT2D eigenvalue weighted by molar-refractivity contribution is 0.112. The molecule has 7 heteroatoms. The minimum Gasteiger partial charge on any atom is -0.368 e. The van der Waals surface area contributed by atoms with Crippen molar-refractivity contribution in [3.8, 4) is 11.1 Å². The Morgan fingerprint density at radius 3 is 2.96 bits per heavy atom. The molecule has 0 fully saturated rings. The van der Waals surface area contributed by atoms with Crippen molar-refractivity contribution in [3.63, 3.8) is 0 Å². The average Bonchev–Trinajstić information content (AvgIpc) is 3.33. The molecule has 0 saturated carbocycles. The fourth-order valence-electron chi connectivity index (χ4n) is 3.55. The van der Waals surface area contributed by atoms with E-state index in [0.29, 0.717) is 17.9 Å². The van der Waals surface area contributed by atoms with Crippen LogP contribution < -0.4 is 11.1 Å². The number of benzene rings is 2. The van der Waals surface area contributed by atoms with Crippen LogP contribution in [0.5, 0.6) is 0 Å². The second-order valence-corrected chi connectivity index (χ2v) is 6.61. The Morgan fingerprint density at radius 1 is 1.18 bits per heavy atom. The Morgan fingerprint density at radius 2 is 2.11 bits per heavy atom. The van der Waals surface area contributed by atoms with Gasteiger partial charge in [-0.1, -0.05) is 6.07 Å². The smallest absolute Gasteiger partial charge is 0.221 e. The van der Waals surface area contributed by atoms with Gasteiger partial charge in [-0.3, -0.25) is 9.79 Å². The minimum atomic E-state index is 0.215. The lowest BCUT2D eigenvalue weighted by atomic mass is 9.94. The summed E-state index contributed by atoms with van der Waals surface area (Å²) in [5.74, 6) is 0.838. The molecule has 1 aliphatic heterocycles. The highest BCUT2D eigenvalue weighted by Gasteiger charge is 2.16. The fourth-order valence-corrected chi connectivity index (χ4v) is 3.55. The topological polar surface area (TPSA) is 109 Å². The van der Waals surface area contributed by atoms with Crippen LogP contribution in [0.4, 0.5) is 17.5 Å². The van der Waals surface area contributed by atoms with E-state index in [1.807, 2.05) is 30.5 Å². The van der Waals surface area contributed by atoms with Gasteiger partial charge < -0.3 is 16.0 Å². The summed E-state index contributed by atoms with van der Waals surface area (Å²) >= 11 is 0. The van der Waals surface area contributed by atoms with E-state index in [1.54, 1.807) is 18.5 Å². The molecule has 4 aromatic rings. The third kappa shape index (κ3) is 2.69. The summed E-state index contributed by atoms with van der Waals surface area (Å²) in [6.07, 6.45) is 6.09. The van der Waals surface area contributed by atoms with Crippen LogP contribution in [0.15, 0.2) is 53.8 Å². The number of aldehydes is 1. The van der Waals surface area contributed by atoms with Crippen molar-refractivity contribution in [2.45, 2.75) is 6.54 Å². The second-order valence-electron chi connectivity index (χ2n) is 6.61. The zero-order valence-corrected chi connectivity index (χ0v) is 14.8. The van der Waals surface area contributed by atoms with Crippen molar-refractivity contribution in [2.75, 3.05) is 11.1 Å². The Kier molecular flexibility index (Phi) is 3.65. The van der Waals surface area contributed by atoms with Crippen molar-refractivity contribution in [3.05, 3.63) is 65.5 Å². The molecule has 28 heavy (non-hydrogen) atoms. The number of aliphatic imine (C=N–C) groups is 1. The monoisotopic (exact) mass is 368 g/mol. The van der Waals surface area contributed by atoms with E-state index in [-0.39, 0.29) is 5.95 Å². The molecule has 0 aliphatic carbocycles. The summed E-state index contributed by atoms with van der Waals surface area (Å²) < 4.78 is 0. The molecule has 3 heterocycles. The summed E-state index contributed by atoms with van der Waals surface area (Å²) in [4.78, 5) is 27.0. The van der Waals surface area contributed by atoms with E-state index in [4.69, 9.17) is 5.73 Å². The zero-order valence-electron chi connectivity index (χ0n) is 14.8. The third-order valence-electron chi connectivity index (χ3n) is 4.86. The van der Waals surface area contributed by atoms with Gasteiger partial charge >= 0.3 is 0 Å². The van der Waals surface area contributed by atoms with Crippen molar-refractivity contribution in [2.24, 2.45) is 4.99 Å². The van der Waals surface area contributed by atoms with Crippen LogP contribution in [-0.4, -0.2) is 27.5 Å². The zero-order chi connectivity index (χ0) is 19.1. The maximum absolute atomic E-state index is 11.3. The maximum Gasteiger partial charge on any atom is 0.221 e. The molecule has 0 bridgehead atoms. The van der Waals surface area contributed by atoms with Gasteiger partial charge in [0.25, 0.3) is 0 Å². The summed E-state index contributed by atoms with van der Waals surface area (Å²) in [7, 11) is 0. The number of nitrogens with one attached hydrogen (secondary N) is 2. The molecule has 1 aliphatic rings. The Bertz CT molecular complexity index is 1260. The van der Waals surface area contributed by atoms with Crippen LogP contribution in [0, 0.1) is 0 Å². The number of hydrogen-bond donors (Lipinski definition) is 3. The van der Waals surface area contributed by atoms with E-state index in [2.05, 4.69) is 31.3 Å². The van der Waals surface area contributed by atoms with Gasteiger partial charge in [0.05, 0.1) is 6.54 Å². The van der Waals surface area contributed by atoms with Crippen LogP contribution >= 0.6 is 0 Å². The third-order valence-corrected chi connectivity index (χ3v) is 4.86. The number of fused-ring (bicyclic) bond motifs is 2. The van der Waals surface area contributed by atoms with Gasteiger partial charge in [-0.2, -0.15) is 4.98 Å². The van der Waals surface area contributed by atoms with Crippen LogP contribution in [-0.2, 0) is 6.54 Å². The number of anilines is 3. The number of nitrogens with two attached hydrogens (primary N) is 1. The lowest BCUT2D eigenvalue weighted by Gasteiger charge is -2.13. The largest absolute Gasteiger partial charge is 0.368 e. The molecule has 0 spiro atoms. The Hall–Kier alpha value is -4.00. The predicted octanol–water partition coefficient (Wildman–Crippen LogP) is 3.70. The second kappa shape index (κ2) is 6.31. The van der Waals surface area contributed by atoms with Gasteiger partial charge in [0, 0.05) is 46.3 Å². The first kappa shape index (κ1) is 16.2. The molecule has 136 valence electrons. The number of aromatic nitrogens is 3. The van der Waals surface area contributed by atoms with Gasteiger partial charge in [0.1, 0.15) is 5.82 Å². The molecular formula is C21H16N6O. The van der Waals surface area contributed by atoms with Crippen LogP contribution in [0.1, 0.15) is 21.5 Å². The van der Waals surface area contributed by atoms with Gasteiger partial charge in [-0.05, 0) is 47.0 Å². The van der Waals surface area contributed by atoms with Crippen molar-refractivity contribution < 1.29 is 4.79 Å². The molecule has 0 radical (unpaired) electrons. The number of aromatic amines is 1. The molecule has 0 amide bonds. The maximum atomic E-state index is 11.3. The number of carbonyl (C=O) groups is 1.